The lowest BCUT2D eigenvalue weighted by Crippen LogP contribution is -2.47. The molecule has 3 heterocycles. The summed E-state index contributed by atoms with van der Waals surface area (Å²) in [7, 11) is 0. The van der Waals surface area contributed by atoms with Gasteiger partial charge in [0.2, 0.25) is 0 Å². The lowest BCUT2D eigenvalue weighted by Gasteiger charge is -2.36. The smallest absolute Gasteiger partial charge is 0.180 e. The third-order valence-electron chi connectivity index (χ3n) is 9.75. The number of hydrogen-bond donors (Lipinski definition) is 0. The standard InChI is InChI=1S/C32H48FN3O3/c1-23(29(37)20-26-13-19-38-32(2,3)22-26)4-5-24-6-8-25(9-7-24)12-14-35-15-17-36(18-16-35)31-28-21-27(33)10-11-30(28)39-34-31/h10-11,21,23-26H,4-9,12-20,22H2,1-3H3. The average molecular weight is 542 g/mol. The van der Waals surface area contributed by atoms with Crippen LogP contribution in [0.5, 0.6) is 0 Å². The Kier molecular flexibility index (Phi) is 9.27. The highest BCUT2D eigenvalue weighted by molar-refractivity contribution is 5.88. The van der Waals surface area contributed by atoms with Crippen LogP contribution in [0.25, 0.3) is 11.0 Å². The number of halogens is 1. The molecule has 3 fully saturated rings. The quantitative estimate of drug-likeness (QED) is 0.327. The summed E-state index contributed by atoms with van der Waals surface area (Å²) in [4.78, 5) is 17.7. The van der Waals surface area contributed by atoms with E-state index in [2.05, 4.69) is 35.7 Å². The molecule has 2 saturated heterocycles. The Balaban J connectivity index is 0.961. The van der Waals surface area contributed by atoms with Crippen molar-refractivity contribution in [1.82, 2.24) is 10.1 Å². The van der Waals surface area contributed by atoms with Gasteiger partial charge in [0, 0.05) is 45.1 Å². The summed E-state index contributed by atoms with van der Waals surface area (Å²) in [5.41, 5.74) is 0.568. The number of anilines is 1. The molecule has 5 rings (SSSR count). The summed E-state index contributed by atoms with van der Waals surface area (Å²) < 4.78 is 25.0. The maximum Gasteiger partial charge on any atom is 0.180 e. The number of ketones is 1. The minimum absolute atomic E-state index is 0.0750. The van der Waals surface area contributed by atoms with E-state index in [1.54, 1.807) is 6.07 Å². The molecule has 39 heavy (non-hydrogen) atoms. The molecule has 3 aliphatic rings. The van der Waals surface area contributed by atoms with Gasteiger partial charge in [0.25, 0.3) is 0 Å². The van der Waals surface area contributed by atoms with Crippen molar-refractivity contribution in [2.45, 2.75) is 90.6 Å². The first-order chi connectivity index (χ1) is 18.8. The van der Waals surface area contributed by atoms with E-state index in [0.717, 1.165) is 88.1 Å². The zero-order valence-electron chi connectivity index (χ0n) is 24.3. The van der Waals surface area contributed by atoms with E-state index in [1.165, 1.54) is 50.7 Å². The molecule has 6 nitrogen and oxygen atoms in total. The van der Waals surface area contributed by atoms with Gasteiger partial charge in [0.1, 0.15) is 11.6 Å². The monoisotopic (exact) mass is 541 g/mol. The van der Waals surface area contributed by atoms with E-state index in [4.69, 9.17) is 9.26 Å². The van der Waals surface area contributed by atoms with Gasteiger partial charge in [0.05, 0.1) is 11.0 Å². The number of carbonyl (C=O) groups excluding carboxylic acids is 1. The molecular weight excluding hydrogens is 493 g/mol. The van der Waals surface area contributed by atoms with Crippen molar-refractivity contribution >= 4 is 22.6 Å². The van der Waals surface area contributed by atoms with E-state index in [1.807, 2.05) is 0 Å². The van der Waals surface area contributed by atoms with Gasteiger partial charge >= 0.3 is 0 Å². The van der Waals surface area contributed by atoms with E-state index >= 15 is 0 Å². The number of hydrogen-bond acceptors (Lipinski definition) is 6. The number of piperazine rings is 1. The van der Waals surface area contributed by atoms with Crippen molar-refractivity contribution in [2.75, 3.05) is 44.2 Å². The number of nitrogens with zero attached hydrogens (tertiary/aromatic N) is 3. The fraction of sp³-hybridized carbons (Fsp3) is 0.750. The highest BCUT2D eigenvalue weighted by Crippen LogP contribution is 2.36. The van der Waals surface area contributed by atoms with Gasteiger partial charge in [-0.05, 0) is 88.4 Å². The minimum atomic E-state index is -0.252. The Bertz CT molecular complexity index is 1090. The molecule has 0 radical (unpaired) electrons. The number of fused-ring (bicyclic) bond motifs is 1. The summed E-state index contributed by atoms with van der Waals surface area (Å²) in [5, 5.41) is 4.99. The summed E-state index contributed by atoms with van der Waals surface area (Å²) in [6.45, 7) is 12.2. The number of carbonyl (C=O) groups is 1. The Labute approximate surface area is 233 Å². The van der Waals surface area contributed by atoms with E-state index in [0.29, 0.717) is 17.3 Å². The number of Topliss-reactive ketones (excluding diaryl/α,β-unsaturated/α-hetero) is 1. The topological polar surface area (TPSA) is 58.8 Å². The highest BCUT2D eigenvalue weighted by atomic mass is 19.1. The second kappa shape index (κ2) is 12.7. The van der Waals surface area contributed by atoms with Crippen molar-refractivity contribution in [3.8, 4) is 0 Å². The largest absolute Gasteiger partial charge is 0.376 e. The lowest BCUT2D eigenvalue weighted by molar-refractivity contribution is -0.126. The predicted octanol–water partition coefficient (Wildman–Crippen LogP) is 6.87. The molecule has 1 saturated carbocycles. The van der Waals surface area contributed by atoms with Crippen LogP contribution in [0.4, 0.5) is 10.2 Å². The zero-order valence-corrected chi connectivity index (χ0v) is 24.3. The fourth-order valence-electron chi connectivity index (χ4n) is 7.15. The maximum absolute atomic E-state index is 13.7. The maximum atomic E-state index is 13.7. The van der Waals surface area contributed by atoms with Crippen LogP contribution in [0, 0.1) is 29.5 Å². The van der Waals surface area contributed by atoms with Crippen LogP contribution in [0.1, 0.15) is 85.0 Å². The fourth-order valence-corrected chi connectivity index (χ4v) is 7.15. The van der Waals surface area contributed by atoms with Gasteiger partial charge in [-0.15, -0.1) is 0 Å². The van der Waals surface area contributed by atoms with E-state index in [-0.39, 0.29) is 17.3 Å². The molecule has 0 bridgehead atoms. The van der Waals surface area contributed by atoms with Gasteiger partial charge in [-0.2, -0.15) is 0 Å². The Morgan fingerprint density at radius 3 is 2.49 bits per heavy atom. The normalized spacial score (nSPS) is 27.1. The van der Waals surface area contributed by atoms with Gasteiger partial charge < -0.3 is 14.2 Å². The zero-order chi connectivity index (χ0) is 27.4. The molecule has 1 aliphatic carbocycles. The molecule has 0 spiro atoms. The number of aromatic nitrogens is 1. The molecule has 2 aromatic rings. The molecule has 7 heteroatoms. The Hall–Kier alpha value is -1.99. The third-order valence-corrected chi connectivity index (χ3v) is 9.75. The third kappa shape index (κ3) is 7.60. The van der Waals surface area contributed by atoms with Gasteiger partial charge in [-0.25, -0.2) is 4.39 Å². The minimum Gasteiger partial charge on any atom is -0.376 e. The van der Waals surface area contributed by atoms with Crippen LogP contribution in [-0.2, 0) is 9.53 Å². The van der Waals surface area contributed by atoms with Crippen molar-refractivity contribution in [2.24, 2.45) is 23.7 Å². The summed E-state index contributed by atoms with van der Waals surface area (Å²) in [6.07, 6.45) is 11.6. The van der Waals surface area contributed by atoms with Gasteiger partial charge in [-0.1, -0.05) is 37.8 Å². The van der Waals surface area contributed by atoms with E-state index in [9.17, 15) is 9.18 Å². The summed E-state index contributed by atoms with van der Waals surface area (Å²) >= 11 is 0. The van der Waals surface area contributed by atoms with Gasteiger partial charge in [-0.3, -0.25) is 9.69 Å². The first-order valence-electron chi connectivity index (χ1n) is 15.4. The van der Waals surface area contributed by atoms with Crippen molar-refractivity contribution in [1.29, 1.82) is 0 Å². The first kappa shape index (κ1) is 28.5. The predicted molar refractivity (Wildman–Crippen MR) is 153 cm³/mol. The van der Waals surface area contributed by atoms with Crippen LogP contribution >= 0.6 is 0 Å². The van der Waals surface area contributed by atoms with Crippen LogP contribution in [0.15, 0.2) is 22.7 Å². The van der Waals surface area contributed by atoms with Gasteiger partial charge in [0.15, 0.2) is 11.4 Å². The number of benzene rings is 1. The number of ether oxygens (including phenoxy) is 1. The average Bonchev–Trinajstić information content (AvgIpc) is 3.34. The van der Waals surface area contributed by atoms with Crippen molar-refractivity contribution in [3.05, 3.63) is 24.0 Å². The molecule has 2 atom stereocenters. The van der Waals surface area contributed by atoms with Crippen LogP contribution in [-0.4, -0.2) is 60.8 Å². The molecule has 216 valence electrons. The molecule has 0 amide bonds. The van der Waals surface area contributed by atoms with Crippen molar-refractivity contribution in [3.63, 3.8) is 0 Å². The first-order valence-corrected chi connectivity index (χ1v) is 15.4. The lowest BCUT2D eigenvalue weighted by atomic mass is 9.77. The molecular formula is C32H48FN3O3. The summed E-state index contributed by atoms with van der Waals surface area (Å²) in [6, 6.07) is 4.59. The summed E-state index contributed by atoms with van der Waals surface area (Å²) in [5.74, 6) is 3.30. The molecule has 1 aromatic heterocycles. The Morgan fingerprint density at radius 1 is 1.05 bits per heavy atom. The van der Waals surface area contributed by atoms with Crippen molar-refractivity contribution < 1.29 is 18.4 Å². The molecule has 1 aromatic carbocycles. The van der Waals surface area contributed by atoms with Crippen LogP contribution in [0.2, 0.25) is 0 Å². The van der Waals surface area contributed by atoms with Crippen LogP contribution in [0.3, 0.4) is 0 Å². The molecule has 2 aliphatic heterocycles. The SMILES string of the molecule is CC(CCC1CCC(CCN2CCN(c3noc4ccc(F)cc34)CC2)CC1)C(=O)CC1CCOC(C)(C)C1. The highest BCUT2D eigenvalue weighted by Gasteiger charge is 2.31. The second-order valence-corrected chi connectivity index (χ2v) is 13.3. The van der Waals surface area contributed by atoms with Crippen LogP contribution < -0.4 is 4.90 Å². The molecule has 0 N–H and O–H groups in total. The molecule has 2 unspecified atom stereocenters. The Morgan fingerprint density at radius 2 is 1.77 bits per heavy atom. The van der Waals surface area contributed by atoms with E-state index < -0.39 is 0 Å². The number of rotatable bonds is 10. The second-order valence-electron chi connectivity index (χ2n) is 13.3.